The van der Waals surface area contributed by atoms with Crippen LogP contribution in [-0.4, -0.2) is 59.4 Å². The molecule has 2 N–H and O–H groups in total. The molecular weight excluding hydrogens is 332 g/mol. The zero-order valence-corrected chi connectivity index (χ0v) is 14.0. The second kappa shape index (κ2) is 5.94. The number of aromatic amines is 1. The quantitative estimate of drug-likeness (QED) is 0.848. The van der Waals surface area contributed by atoms with Crippen molar-refractivity contribution in [2.24, 2.45) is 0 Å². The van der Waals surface area contributed by atoms with Gasteiger partial charge in [-0.1, -0.05) is 18.2 Å². The van der Waals surface area contributed by atoms with E-state index in [-0.39, 0.29) is 24.6 Å². The summed E-state index contributed by atoms with van der Waals surface area (Å²) in [5.41, 5.74) is 2.77. The number of hydrogen-bond acceptors (Lipinski definition) is 4. The number of hydrogen-bond donors (Lipinski definition) is 2. The van der Waals surface area contributed by atoms with E-state index in [4.69, 9.17) is 0 Å². The number of aromatic nitrogens is 1. The van der Waals surface area contributed by atoms with Crippen LogP contribution < -0.4 is 0 Å². The van der Waals surface area contributed by atoms with Crippen molar-refractivity contribution in [2.75, 3.05) is 18.1 Å². The topological polar surface area (TPSA) is 108 Å². The van der Waals surface area contributed by atoms with Crippen molar-refractivity contribution in [1.29, 1.82) is 0 Å². The van der Waals surface area contributed by atoms with E-state index in [1.807, 2.05) is 25.1 Å². The van der Waals surface area contributed by atoms with Crippen molar-refractivity contribution in [3.63, 3.8) is 0 Å². The third kappa shape index (κ3) is 3.01. The molecule has 1 saturated heterocycles. The van der Waals surface area contributed by atoms with Gasteiger partial charge in [0, 0.05) is 23.6 Å². The minimum absolute atomic E-state index is 0.0350. The summed E-state index contributed by atoms with van der Waals surface area (Å²) < 4.78 is 23.3. The number of rotatable bonds is 3. The molecule has 1 atom stereocenters. The standard InChI is InChI=1S/C16H18N2O5S/c1-10-3-2-4-12-11(8-17-15(10)12)7-14(19)18-5-6-24(22,23)9-13(18)16(20)21/h2-4,8,13,17H,5-7,9H2,1H3,(H,20,21). The molecule has 1 aromatic heterocycles. The number of carbonyl (C=O) groups is 2. The first-order valence-corrected chi connectivity index (χ1v) is 9.39. The first kappa shape index (κ1) is 16.5. The molecule has 1 aliphatic rings. The Morgan fingerprint density at radius 3 is 2.83 bits per heavy atom. The van der Waals surface area contributed by atoms with Crippen LogP contribution in [0.25, 0.3) is 10.9 Å². The SMILES string of the molecule is Cc1cccc2c(CC(=O)N3CCS(=O)(=O)CC3C(=O)O)c[nH]c12. The second-order valence-corrected chi connectivity index (χ2v) is 8.27. The molecule has 3 rings (SSSR count). The third-order valence-electron chi connectivity index (χ3n) is 4.39. The minimum Gasteiger partial charge on any atom is -0.480 e. The summed E-state index contributed by atoms with van der Waals surface area (Å²) in [4.78, 5) is 28.2. The Morgan fingerprint density at radius 1 is 1.38 bits per heavy atom. The van der Waals surface area contributed by atoms with Gasteiger partial charge >= 0.3 is 5.97 Å². The van der Waals surface area contributed by atoms with Gasteiger partial charge < -0.3 is 15.0 Å². The Hall–Kier alpha value is -2.35. The van der Waals surface area contributed by atoms with Gasteiger partial charge in [0.25, 0.3) is 0 Å². The van der Waals surface area contributed by atoms with Gasteiger partial charge in [-0.05, 0) is 18.1 Å². The predicted molar refractivity (Wildman–Crippen MR) is 88.5 cm³/mol. The third-order valence-corrected chi connectivity index (χ3v) is 6.02. The van der Waals surface area contributed by atoms with Crippen LogP contribution in [0.2, 0.25) is 0 Å². The molecule has 1 aromatic carbocycles. The number of sulfone groups is 1. The monoisotopic (exact) mass is 350 g/mol. The number of carboxylic acids is 1. The summed E-state index contributed by atoms with van der Waals surface area (Å²) in [5.74, 6) is -2.39. The van der Waals surface area contributed by atoms with Gasteiger partial charge in [-0.15, -0.1) is 0 Å². The van der Waals surface area contributed by atoms with Crippen molar-refractivity contribution in [2.45, 2.75) is 19.4 Å². The molecule has 0 bridgehead atoms. The van der Waals surface area contributed by atoms with Crippen LogP contribution in [0.4, 0.5) is 0 Å². The molecule has 1 amide bonds. The van der Waals surface area contributed by atoms with Crippen molar-refractivity contribution >= 4 is 32.6 Å². The van der Waals surface area contributed by atoms with Crippen LogP contribution in [0, 0.1) is 6.92 Å². The van der Waals surface area contributed by atoms with Gasteiger partial charge in [-0.2, -0.15) is 0 Å². The number of H-pyrrole nitrogens is 1. The van der Waals surface area contributed by atoms with Crippen LogP contribution in [0.3, 0.4) is 0 Å². The Bertz CT molecular complexity index is 916. The zero-order valence-electron chi connectivity index (χ0n) is 13.2. The van der Waals surface area contributed by atoms with E-state index in [1.165, 1.54) is 0 Å². The van der Waals surface area contributed by atoms with Gasteiger partial charge in [0.15, 0.2) is 9.84 Å². The molecule has 128 valence electrons. The molecule has 24 heavy (non-hydrogen) atoms. The lowest BCUT2D eigenvalue weighted by molar-refractivity contribution is -0.149. The fourth-order valence-corrected chi connectivity index (χ4v) is 4.53. The minimum atomic E-state index is -3.43. The maximum Gasteiger partial charge on any atom is 0.327 e. The maximum absolute atomic E-state index is 12.6. The number of carbonyl (C=O) groups excluding carboxylic acids is 1. The highest BCUT2D eigenvalue weighted by Gasteiger charge is 2.38. The number of carboxylic acid groups (broad SMARTS) is 1. The van der Waals surface area contributed by atoms with E-state index in [0.29, 0.717) is 0 Å². The number of fused-ring (bicyclic) bond motifs is 1. The van der Waals surface area contributed by atoms with Crippen LogP contribution in [0.15, 0.2) is 24.4 Å². The molecule has 1 aliphatic heterocycles. The number of para-hydroxylation sites is 1. The first-order valence-electron chi connectivity index (χ1n) is 7.57. The van der Waals surface area contributed by atoms with Gasteiger partial charge in [0.05, 0.1) is 17.9 Å². The van der Waals surface area contributed by atoms with E-state index >= 15 is 0 Å². The largest absolute Gasteiger partial charge is 0.480 e. The summed E-state index contributed by atoms with van der Waals surface area (Å²) >= 11 is 0. The lowest BCUT2D eigenvalue weighted by atomic mass is 10.1. The summed E-state index contributed by atoms with van der Waals surface area (Å²) in [5, 5.41) is 10.2. The van der Waals surface area contributed by atoms with E-state index in [9.17, 15) is 23.1 Å². The molecule has 7 nitrogen and oxygen atoms in total. The van der Waals surface area contributed by atoms with Crippen LogP contribution in [0.1, 0.15) is 11.1 Å². The highest BCUT2D eigenvalue weighted by atomic mass is 32.2. The fraction of sp³-hybridized carbons (Fsp3) is 0.375. The number of aryl methyl sites for hydroxylation is 1. The van der Waals surface area contributed by atoms with Gasteiger partial charge in [-0.25, -0.2) is 13.2 Å². The molecule has 1 fully saturated rings. The molecule has 1 unspecified atom stereocenters. The summed E-state index contributed by atoms with van der Waals surface area (Å²) in [6.07, 6.45) is 1.78. The van der Waals surface area contributed by atoms with Crippen molar-refractivity contribution < 1.29 is 23.1 Å². The molecule has 0 aliphatic carbocycles. The Morgan fingerprint density at radius 2 is 2.12 bits per heavy atom. The average Bonchev–Trinajstić information content (AvgIpc) is 2.90. The van der Waals surface area contributed by atoms with E-state index < -0.39 is 27.6 Å². The number of nitrogens with zero attached hydrogens (tertiary/aromatic N) is 1. The molecule has 2 aromatic rings. The number of aliphatic carboxylic acids is 1. The molecular formula is C16H18N2O5S. The van der Waals surface area contributed by atoms with E-state index in [0.717, 1.165) is 26.9 Å². The lowest BCUT2D eigenvalue weighted by Gasteiger charge is -2.32. The Labute approximate surface area is 139 Å². The smallest absolute Gasteiger partial charge is 0.327 e. The Kier molecular flexibility index (Phi) is 4.08. The maximum atomic E-state index is 12.6. The van der Waals surface area contributed by atoms with Crippen molar-refractivity contribution in [1.82, 2.24) is 9.88 Å². The predicted octanol–water partition coefficient (Wildman–Crippen LogP) is 0.729. The molecule has 8 heteroatoms. The fourth-order valence-electron chi connectivity index (χ4n) is 3.08. The van der Waals surface area contributed by atoms with Gasteiger partial charge in [0.2, 0.25) is 5.91 Å². The van der Waals surface area contributed by atoms with Gasteiger partial charge in [0.1, 0.15) is 6.04 Å². The second-order valence-electron chi connectivity index (χ2n) is 6.04. The molecule has 0 saturated carbocycles. The lowest BCUT2D eigenvalue weighted by Crippen LogP contribution is -2.55. The van der Waals surface area contributed by atoms with E-state index in [1.54, 1.807) is 6.20 Å². The van der Waals surface area contributed by atoms with Gasteiger partial charge in [-0.3, -0.25) is 4.79 Å². The first-order chi connectivity index (χ1) is 11.3. The summed E-state index contributed by atoms with van der Waals surface area (Å²) in [6.45, 7) is 1.87. The van der Waals surface area contributed by atoms with E-state index in [2.05, 4.69) is 4.98 Å². The van der Waals surface area contributed by atoms with Crippen LogP contribution in [0.5, 0.6) is 0 Å². The highest BCUT2D eigenvalue weighted by molar-refractivity contribution is 7.91. The molecule has 2 heterocycles. The highest BCUT2D eigenvalue weighted by Crippen LogP contribution is 2.23. The number of nitrogens with one attached hydrogen (secondary N) is 1. The zero-order chi connectivity index (χ0) is 17.5. The van der Waals surface area contributed by atoms with Crippen LogP contribution in [-0.2, 0) is 25.8 Å². The average molecular weight is 350 g/mol. The van der Waals surface area contributed by atoms with Crippen molar-refractivity contribution in [3.05, 3.63) is 35.5 Å². The normalized spacial score (nSPS) is 20.2. The summed E-state index contributed by atoms with van der Waals surface area (Å²) in [7, 11) is -3.43. The number of amides is 1. The molecule has 0 spiro atoms. The van der Waals surface area contributed by atoms with Crippen molar-refractivity contribution in [3.8, 4) is 0 Å². The Balaban J connectivity index is 1.85. The number of benzene rings is 1. The van der Waals surface area contributed by atoms with Crippen LogP contribution >= 0.6 is 0 Å². The summed E-state index contributed by atoms with van der Waals surface area (Å²) in [6, 6.07) is 4.44. The molecule has 0 radical (unpaired) electrons.